The Hall–Kier alpha value is -2.94. The number of ketones is 1. The summed E-state index contributed by atoms with van der Waals surface area (Å²) in [5.74, 6) is -0.795. The lowest BCUT2D eigenvalue weighted by Crippen LogP contribution is -2.32. The first-order valence-electron chi connectivity index (χ1n) is 11.4. The molecule has 1 atom stereocenters. The van der Waals surface area contributed by atoms with Gasteiger partial charge in [-0.25, -0.2) is 0 Å². The first-order chi connectivity index (χ1) is 17.1. The molecule has 0 bridgehead atoms. The van der Waals surface area contributed by atoms with Crippen LogP contribution < -0.4 is 14.2 Å². The number of hydrogen-bond donors (Lipinski definition) is 1. The lowest BCUT2D eigenvalue weighted by Gasteiger charge is -2.26. The van der Waals surface area contributed by atoms with Crippen LogP contribution in [0.25, 0.3) is 5.76 Å². The summed E-state index contributed by atoms with van der Waals surface area (Å²) in [6.07, 6.45) is -0.0908. The number of aliphatic hydroxyl groups is 1. The SMILES string of the molecule is CCOc1cc(C2/C(=C(\O)c3cc(Cl)c(OC)c(Cl)c3)C(=O)C(=O)N2CCOC)ccc1OC(C)C. The molecular formula is C26H29Cl2NO7. The number of rotatable bonds is 10. The number of methoxy groups -OCH3 is 2. The van der Waals surface area contributed by atoms with Crippen molar-refractivity contribution in [1.29, 1.82) is 0 Å². The van der Waals surface area contributed by atoms with E-state index in [1.165, 1.54) is 31.3 Å². The van der Waals surface area contributed by atoms with Crippen molar-refractivity contribution in [3.8, 4) is 17.2 Å². The fourth-order valence-corrected chi connectivity index (χ4v) is 4.65. The molecule has 0 radical (unpaired) electrons. The number of likely N-dealkylation sites (tertiary alicyclic amines) is 1. The second kappa shape index (κ2) is 11.9. The molecule has 2 aromatic carbocycles. The summed E-state index contributed by atoms with van der Waals surface area (Å²) in [7, 11) is 2.91. The Morgan fingerprint density at radius 1 is 1.08 bits per heavy atom. The predicted molar refractivity (Wildman–Crippen MR) is 137 cm³/mol. The minimum absolute atomic E-state index is 0.0908. The molecule has 0 saturated carbocycles. The molecule has 1 fully saturated rings. The molecule has 3 rings (SSSR count). The van der Waals surface area contributed by atoms with Crippen molar-refractivity contribution in [3.05, 3.63) is 57.1 Å². The van der Waals surface area contributed by atoms with Gasteiger partial charge in [0.05, 0.1) is 48.1 Å². The molecule has 1 aliphatic heterocycles. The third-order valence-electron chi connectivity index (χ3n) is 5.50. The van der Waals surface area contributed by atoms with E-state index in [2.05, 4.69) is 0 Å². The van der Waals surface area contributed by atoms with Crippen molar-refractivity contribution >= 4 is 40.7 Å². The van der Waals surface area contributed by atoms with Crippen LogP contribution in [-0.2, 0) is 14.3 Å². The molecule has 10 heteroatoms. The first-order valence-corrected chi connectivity index (χ1v) is 12.1. The molecule has 2 aromatic rings. The van der Waals surface area contributed by atoms with Crippen molar-refractivity contribution in [2.45, 2.75) is 32.9 Å². The molecule has 1 aliphatic rings. The van der Waals surface area contributed by atoms with E-state index in [9.17, 15) is 14.7 Å². The summed E-state index contributed by atoms with van der Waals surface area (Å²) >= 11 is 12.5. The minimum Gasteiger partial charge on any atom is -0.507 e. The predicted octanol–water partition coefficient (Wildman–Crippen LogP) is 5.26. The summed E-state index contributed by atoms with van der Waals surface area (Å²) in [6.45, 7) is 6.33. The van der Waals surface area contributed by atoms with Gasteiger partial charge >= 0.3 is 0 Å². The highest BCUT2D eigenvalue weighted by Crippen LogP contribution is 2.43. The Balaban J connectivity index is 2.22. The average molecular weight is 538 g/mol. The van der Waals surface area contributed by atoms with E-state index in [-0.39, 0.29) is 46.2 Å². The highest BCUT2D eigenvalue weighted by molar-refractivity contribution is 6.46. The van der Waals surface area contributed by atoms with Gasteiger partial charge in [-0.15, -0.1) is 0 Å². The third-order valence-corrected chi connectivity index (χ3v) is 6.06. The largest absolute Gasteiger partial charge is 0.507 e. The Morgan fingerprint density at radius 3 is 2.31 bits per heavy atom. The van der Waals surface area contributed by atoms with E-state index in [4.69, 9.17) is 42.1 Å². The van der Waals surface area contributed by atoms with Crippen LogP contribution in [0.5, 0.6) is 17.2 Å². The zero-order chi connectivity index (χ0) is 26.6. The van der Waals surface area contributed by atoms with Gasteiger partial charge in [0.2, 0.25) is 0 Å². The molecule has 1 heterocycles. The van der Waals surface area contributed by atoms with Crippen LogP contribution in [0, 0.1) is 0 Å². The maximum atomic E-state index is 13.2. The quantitative estimate of drug-likeness (QED) is 0.251. The molecule has 0 spiro atoms. The van der Waals surface area contributed by atoms with Crippen LogP contribution >= 0.6 is 23.2 Å². The standard InChI is InChI=1S/C26H29Cl2NO7/c1-6-35-20-13-15(7-8-19(20)36-14(2)3)22-21(24(31)26(32)29(22)9-10-33-4)23(30)16-11-17(27)25(34-5)18(28)12-16/h7-8,11-14,22,30H,6,9-10H2,1-5H3/b23-21+. The van der Waals surface area contributed by atoms with Crippen LogP contribution in [0.1, 0.15) is 37.9 Å². The monoisotopic (exact) mass is 537 g/mol. The lowest BCUT2D eigenvalue weighted by atomic mass is 9.95. The summed E-state index contributed by atoms with van der Waals surface area (Å²) in [5.41, 5.74) is 0.621. The van der Waals surface area contributed by atoms with Crippen LogP contribution in [0.15, 0.2) is 35.9 Å². The highest BCUT2D eigenvalue weighted by atomic mass is 35.5. The van der Waals surface area contributed by atoms with Gasteiger partial charge in [-0.2, -0.15) is 0 Å². The van der Waals surface area contributed by atoms with Crippen molar-refractivity contribution in [2.24, 2.45) is 0 Å². The fourth-order valence-electron chi connectivity index (χ4n) is 4.01. The topological polar surface area (TPSA) is 94.5 Å². The second-order valence-electron chi connectivity index (χ2n) is 8.26. The van der Waals surface area contributed by atoms with E-state index in [0.717, 1.165) is 0 Å². The minimum atomic E-state index is -0.910. The molecule has 8 nitrogen and oxygen atoms in total. The molecule has 194 valence electrons. The average Bonchev–Trinajstić information content (AvgIpc) is 3.07. The normalized spacial score (nSPS) is 17.1. The van der Waals surface area contributed by atoms with Crippen molar-refractivity contribution in [3.63, 3.8) is 0 Å². The molecule has 0 aliphatic carbocycles. The maximum Gasteiger partial charge on any atom is 0.295 e. The molecular weight excluding hydrogens is 509 g/mol. The molecule has 36 heavy (non-hydrogen) atoms. The highest BCUT2D eigenvalue weighted by Gasteiger charge is 2.46. The second-order valence-corrected chi connectivity index (χ2v) is 9.08. The van der Waals surface area contributed by atoms with Crippen LogP contribution in [-0.4, -0.2) is 61.8 Å². The zero-order valence-electron chi connectivity index (χ0n) is 20.8. The zero-order valence-corrected chi connectivity index (χ0v) is 22.3. The summed E-state index contributed by atoms with van der Waals surface area (Å²) in [4.78, 5) is 27.6. The number of nitrogens with zero attached hydrogens (tertiary/aromatic N) is 1. The molecule has 1 saturated heterocycles. The van der Waals surface area contributed by atoms with E-state index >= 15 is 0 Å². The van der Waals surface area contributed by atoms with Crippen LogP contribution in [0.4, 0.5) is 0 Å². The number of carbonyl (C=O) groups is 2. The summed E-state index contributed by atoms with van der Waals surface area (Å²) < 4.78 is 22.0. The Morgan fingerprint density at radius 2 is 1.75 bits per heavy atom. The van der Waals surface area contributed by atoms with Crippen molar-refractivity contribution in [1.82, 2.24) is 4.90 Å². The fraction of sp³-hybridized carbons (Fsp3) is 0.385. The molecule has 0 aromatic heterocycles. The molecule has 1 unspecified atom stereocenters. The lowest BCUT2D eigenvalue weighted by molar-refractivity contribution is -0.140. The molecule has 1 amide bonds. The van der Waals surface area contributed by atoms with Gasteiger partial charge in [0, 0.05) is 19.2 Å². The van der Waals surface area contributed by atoms with Gasteiger partial charge in [-0.05, 0) is 50.6 Å². The number of benzene rings is 2. The van der Waals surface area contributed by atoms with E-state index in [1.54, 1.807) is 18.2 Å². The van der Waals surface area contributed by atoms with Crippen molar-refractivity contribution in [2.75, 3.05) is 34.0 Å². The summed E-state index contributed by atoms with van der Waals surface area (Å²) in [5, 5.41) is 11.6. The van der Waals surface area contributed by atoms with Crippen LogP contribution in [0.3, 0.4) is 0 Å². The van der Waals surface area contributed by atoms with Gasteiger partial charge < -0.3 is 29.0 Å². The van der Waals surface area contributed by atoms with Gasteiger partial charge in [0.25, 0.3) is 11.7 Å². The smallest absolute Gasteiger partial charge is 0.295 e. The van der Waals surface area contributed by atoms with Crippen molar-refractivity contribution < 1.29 is 33.6 Å². The Kier molecular flexibility index (Phi) is 9.11. The third kappa shape index (κ3) is 5.56. The Bertz CT molecular complexity index is 1160. The number of amides is 1. The number of aliphatic hydroxyl groups excluding tert-OH is 1. The number of Topliss-reactive ketones (excluding diaryl/α,β-unsaturated/α-hetero) is 1. The maximum absolute atomic E-state index is 13.2. The number of hydrogen-bond acceptors (Lipinski definition) is 7. The first kappa shape index (κ1) is 27.6. The van der Waals surface area contributed by atoms with E-state index in [0.29, 0.717) is 23.7 Å². The van der Waals surface area contributed by atoms with Crippen LogP contribution in [0.2, 0.25) is 10.0 Å². The van der Waals surface area contributed by atoms with E-state index < -0.39 is 23.5 Å². The van der Waals surface area contributed by atoms with Gasteiger partial charge in [-0.1, -0.05) is 29.3 Å². The molecule has 1 N–H and O–H groups in total. The number of halogens is 2. The summed E-state index contributed by atoms with van der Waals surface area (Å²) in [6, 6.07) is 7.10. The Labute approximate surface area is 220 Å². The van der Waals surface area contributed by atoms with Gasteiger partial charge in [-0.3, -0.25) is 9.59 Å². The van der Waals surface area contributed by atoms with E-state index in [1.807, 2.05) is 20.8 Å². The number of ether oxygens (including phenoxy) is 4. The van der Waals surface area contributed by atoms with Gasteiger partial charge in [0.1, 0.15) is 5.76 Å². The van der Waals surface area contributed by atoms with Gasteiger partial charge in [0.15, 0.2) is 17.2 Å². The number of carbonyl (C=O) groups excluding carboxylic acids is 2.